The second-order valence-electron chi connectivity index (χ2n) is 26.0. The van der Waals surface area contributed by atoms with Crippen LogP contribution in [-0.2, 0) is 123 Å². The molecule has 0 aromatic carbocycles. The first-order valence-corrected chi connectivity index (χ1v) is 45.4. The van der Waals surface area contributed by atoms with E-state index in [0.717, 1.165) is 19.9 Å². The number of aromatic nitrogens is 12. The van der Waals surface area contributed by atoms with Crippen LogP contribution in [0, 0.1) is 18.8 Å². The lowest BCUT2D eigenvalue weighted by Crippen LogP contribution is -2.40. The van der Waals surface area contributed by atoms with Crippen LogP contribution in [0.2, 0.25) is 0 Å². The Morgan fingerprint density at radius 1 is 0.607 bits per heavy atom. The number of aryl methyl sites for hydroxylation is 1. The molecule has 6 aromatic rings. The Kier molecular flexibility index (Phi) is 29.6. The lowest BCUT2D eigenvalue weighted by Gasteiger charge is -2.30. The van der Waals surface area contributed by atoms with Crippen molar-refractivity contribution in [2.75, 3.05) is 104 Å². The van der Waals surface area contributed by atoms with Gasteiger partial charge in [0.2, 0.25) is 5.95 Å². The smallest absolute Gasteiger partial charge is 0.386 e. The molecule has 6 unspecified atom stereocenters. The summed E-state index contributed by atoms with van der Waals surface area (Å²) in [6.07, 6.45) is -14.9. The largest absolute Gasteiger partial charge is 0.394 e. The van der Waals surface area contributed by atoms with Gasteiger partial charge in [-0.25, -0.2) is 28.7 Å². The quantitative estimate of drug-likeness (QED) is 0.0136. The fourth-order valence-electron chi connectivity index (χ4n) is 12.9. The number of aromatic amines is 3. The van der Waals surface area contributed by atoms with Gasteiger partial charge in [0, 0.05) is 64.0 Å². The average Bonchev–Trinajstić information content (AvgIpc) is 1.62. The Morgan fingerprint density at radius 3 is 1.75 bits per heavy atom. The number of thiol groups is 1. The van der Waals surface area contributed by atoms with E-state index in [1.54, 1.807) is 0 Å². The molecule has 21 atom stereocenters. The number of methoxy groups -OCH3 is 2. The van der Waals surface area contributed by atoms with Crippen molar-refractivity contribution in [2.24, 2.45) is 17.6 Å². The summed E-state index contributed by atoms with van der Waals surface area (Å²) in [5.41, 5.74) is 17.5. The van der Waals surface area contributed by atoms with E-state index >= 15 is 4.57 Å². The molecule has 0 bridgehead atoms. The van der Waals surface area contributed by atoms with Crippen LogP contribution in [0.1, 0.15) is 69.8 Å². The minimum atomic E-state index is -4.79. The highest BCUT2D eigenvalue weighted by Crippen LogP contribution is 2.60. The van der Waals surface area contributed by atoms with E-state index in [0.29, 0.717) is 19.6 Å². The topological polar surface area (TPSA) is 591 Å². The first-order chi connectivity index (χ1) is 53.1. The summed E-state index contributed by atoms with van der Waals surface area (Å²) in [6, 6.07) is 2.73. The Labute approximate surface area is 662 Å². The summed E-state index contributed by atoms with van der Waals surface area (Å²) < 4.78 is 130. The van der Waals surface area contributed by atoms with Gasteiger partial charge < -0.3 is 103 Å². The number of aliphatic hydroxyl groups excluding tert-OH is 1. The van der Waals surface area contributed by atoms with Crippen LogP contribution in [-0.4, -0.2) is 227 Å². The first-order valence-electron chi connectivity index (χ1n) is 34.2. The van der Waals surface area contributed by atoms with Crippen molar-refractivity contribution in [3.05, 3.63) is 126 Å². The number of H-pyrrole nitrogens is 3. The molecule has 6 aromatic heterocycles. The second-order valence-corrected chi connectivity index (χ2v) is 38.3. The zero-order valence-electron chi connectivity index (χ0n) is 60.0. The molecule has 45 nitrogen and oxygen atoms in total. The number of aliphatic hydroxyl groups is 1. The van der Waals surface area contributed by atoms with Crippen molar-refractivity contribution in [3.63, 3.8) is 0 Å². The van der Waals surface area contributed by atoms with Crippen LogP contribution in [0.15, 0.2) is 81.3 Å². The zero-order valence-corrected chi connectivity index (χ0v) is 68.5. The summed E-state index contributed by atoms with van der Waals surface area (Å²) in [7, 11) is 2.41. The average molecular weight is 1800 g/mol. The van der Waals surface area contributed by atoms with Crippen LogP contribution < -0.4 is 62.4 Å². The molecule has 5 aliphatic rings. The van der Waals surface area contributed by atoms with Gasteiger partial charge in [0.1, 0.15) is 85.3 Å². The molecule has 14 N–H and O–H groups in total. The Hall–Kier alpha value is -5.00. The van der Waals surface area contributed by atoms with Crippen molar-refractivity contribution in [1.82, 2.24) is 57.7 Å². The lowest BCUT2D eigenvalue weighted by atomic mass is 9.89. The third-order valence-electron chi connectivity index (χ3n) is 18.3. The summed E-state index contributed by atoms with van der Waals surface area (Å²) in [5.74, 6) is -0.690. The molecule has 0 radical (unpaired) electrons. The number of nitrogens with one attached hydrogen (secondary N) is 3. The number of fused-ring (bicyclic) bond motifs is 1. The highest BCUT2D eigenvalue weighted by atomic mass is 79.9. The molecule has 0 aliphatic carbocycles. The number of nitrogen functional groups attached to an aromatic ring is 3. The second kappa shape index (κ2) is 37.7. The summed E-state index contributed by atoms with van der Waals surface area (Å²) in [4.78, 5) is 138. The van der Waals surface area contributed by atoms with Crippen LogP contribution in [0.25, 0.3) is 11.2 Å². The zero-order chi connectivity index (χ0) is 80.9. The third-order valence-corrected chi connectivity index (χ3v) is 26.0. The minimum Gasteiger partial charge on any atom is -0.394 e. The maximum atomic E-state index is 15.0. The summed E-state index contributed by atoms with van der Waals surface area (Å²) in [6.45, 7) is -15.4. The van der Waals surface area contributed by atoms with Crippen LogP contribution in [0.3, 0.4) is 0 Å². The number of nitrogens with zero attached hydrogens (tertiary/aromatic N) is 9. The molecule has 0 saturated carbocycles. The highest BCUT2D eigenvalue weighted by Gasteiger charge is 2.54. The molecule has 5 aliphatic heterocycles. The van der Waals surface area contributed by atoms with Crippen molar-refractivity contribution in [3.8, 4) is 0 Å². The van der Waals surface area contributed by atoms with Gasteiger partial charge in [0.15, 0.2) is 23.6 Å². The molecule has 112 heavy (non-hydrogen) atoms. The van der Waals surface area contributed by atoms with Gasteiger partial charge in [-0.05, 0) is 88.7 Å². The number of nitrogens with two attached hydrogens (primary N) is 4. The maximum absolute atomic E-state index is 15.0. The monoisotopic (exact) mass is 1800 g/mol. The Balaban J connectivity index is 0.835. The first kappa shape index (κ1) is 87.8. The van der Waals surface area contributed by atoms with E-state index in [-0.39, 0.29) is 96.5 Å². The SMILES string of the molecule is COC1[C@@H](OP(O)(=S)OC[C@H]2O[C@@H](n3cnc4c(=O)[nH]c(N)nc43)C[C@H]2OP(=O)(S)OC[C@H]2O[C@@H](n3cc(C)c(=O)[nH]c3=O)C[C@H]2OP(=S)(OCCOCCOCCN)OC[C@H]2O[C@@H](n3ccc(N)nc3=O)C[C@H]2C(C)C)[C@@H](COP(O)(=S)O[C@@H]2C(OC)[C@H](n3cc(Br)c(=O)[nH]c3=O)O[C@@H]2CO)O[C@H]1n1ccc(N)nc1=O. The predicted molar refractivity (Wildman–Crippen MR) is 408 cm³/mol. The van der Waals surface area contributed by atoms with E-state index in [1.807, 2.05) is 13.8 Å². The molecule has 0 spiro atoms. The number of imidazole rings is 1. The summed E-state index contributed by atoms with van der Waals surface area (Å²) in [5, 5.41) is 10.4. The Morgan fingerprint density at radius 2 is 1.13 bits per heavy atom. The van der Waals surface area contributed by atoms with Crippen molar-refractivity contribution in [1.29, 1.82) is 0 Å². The normalized spacial score (nSPS) is 28.9. The van der Waals surface area contributed by atoms with Crippen molar-refractivity contribution < 1.29 is 103 Å². The number of halogens is 1. The van der Waals surface area contributed by atoms with Gasteiger partial charge in [-0.3, -0.25) is 70.3 Å². The van der Waals surface area contributed by atoms with Gasteiger partial charge >= 0.3 is 49.7 Å². The van der Waals surface area contributed by atoms with Gasteiger partial charge in [-0.2, -0.15) is 15.0 Å². The van der Waals surface area contributed by atoms with E-state index in [2.05, 4.69) is 63.1 Å². The van der Waals surface area contributed by atoms with Gasteiger partial charge in [0.25, 0.3) is 16.7 Å². The molecule has 11 rings (SSSR count). The molecular weight excluding hydrogens is 1720 g/mol. The van der Waals surface area contributed by atoms with Gasteiger partial charge in [-0.1, -0.05) is 26.1 Å². The Bertz CT molecular complexity index is 4970. The molecular formula is C58H83BrN16O29P4S4. The number of rotatable bonds is 38. The molecule has 54 heteroatoms. The van der Waals surface area contributed by atoms with E-state index in [9.17, 15) is 48.5 Å². The molecule has 620 valence electrons. The number of hydrogen-bond donors (Lipinski definition) is 11. The third kappa shape index (κ3) is 21.3. The number of hydrogen-bond acceptors (Lipinski definition) is 38. The summed E-state index contributed by atoms with van der Waals surface area (Å²) >= 11 is 24.8. The van der Waals surface area contributed by atoms with Crippen molar-refractivity contribution >= 4 is 119 Å². The van der Waals surface area contributed by atoms with E-state index < -0.39 is 191 Å². The molecule has 11 heterocycles. The van der Waals surface area contributed by atoms with Crippen LogP contribution >= 0.6 is 55.1 Å². The predicted octanol–water partition coefficient (Wildman–Crippen LogP) is -0.185. The number of anilines is 3. The van der Waals surface area contributed by atoms with Crippen LogP contribution in [0.5, 0.6) is 0 Å². The molecule has 0 amide bonds. The highest BCUT2D eigenvalue weighted by molar-refractivity contribution is 9.10. The fourth-order valence-corrected chi connectivity index (χ4v) is 19.8. The fraction of sp³-hybridized carbons (Fsp3) is 0.638. The lowest BCUT2D eigenvalue weighted by molar-refractivity contribution is -0.0634. The van der Waals surface area contributed by atoms with Crippen LogP contribution in [0.4, 0.5) is 17.6 Å². The number of ether oxygens (including phenoxy) is 9. The van der Waals surface area contributed by atoms with Gasteiger partial charge in [-0.15, -0.1) is 0 Å². The minimum absolute atomic E-state index is 0.0196. The maximum Gasteiger partial charge on any atom is 0.386 e. The van der Waals surface area contributed by atoms with E-state index in [4.69, 9.17) is 142 Å². The van der Waals surface area contributed by atoms with Crippen molar-refractivity contribution in [2.45, 2.75) is 138 Å². The molecule has 5 fully saturated rings. The standard InChI is InChI=1S/C58H83BrN16O29P4S4/c1-27(2)29-16-40(71-9-6-38(61)65-55(71)80)96-34(29)22-95-108(112,91-15-14-90-13-12-89-11-8-60)102-32-18-41(73-19-28(3)49(77)69-57(73)82)97-36(32)24-92-105(84,109)101-31-17-42(75-26-64-43-48(75)67-54(63)68-51(43)79)98-35(31)23-93-106(85,110)104-45-37(100-52(47(45)88-5)72-10-7-39(62)66-56(72)81)25-94-107(86,111)103-44-33(21-76)99-53(46(44)87-4)74-20-30(59)50(78)70-58(74)83/h6-7,9-10,19-20,26-27,29,31-37,40-42,44-47,52-53,76H,8,11-18,21-25,60H2,1-5H3,(H,84,109)(H,85,110)(H,86,111)(H2,61,65,80)(H2,62,66,81)(H,69,77,82)(H,70,78,83)(H3,63,67,68,79)/t29-,31+,32+,33+,34+,35+,36+,37+,40+,41+,42+,44-,45-,46?,47?,52+,53+,105?,106?,107?,108?/m0/s1. The van der Waals surface area contributed by atoms with E-state index in [1.165, 1.54) is 67.3 Å². The molecule has 5 saturated heterocycles. The van der Waals surface area contributed by atoms with Gasteiger partial charge in [0.05, 0.1) is 89.1 Å².